The summed E-state index contributed by atoms with van der Waals surface area (Å²) in [4.78, 5) is 10.4. The molecule has 0 amide bonds. The van der Waals surface area contributed by atoms with Crippen molar-refractivity contribution in [1.82, 2.24) is 0 Å². The third-order valence-electron chi connectivity index (χ3n) is 1.70. The van der Waals surface area contributed by atoms with Crippen LogP contribution in [-0.2, 0) is 4.79 Å². The molecule has 0 radical (unpaired) electrons. The summed E-state index contributed by atoms with van der Waals surface area (Å²) in [6.07, 6.45) is 0.355. The van der Waals surface area contributed by atoms with Crippen LogP contribution in [0.5, 0.6) is 0 Å². The van der Waals surface area contributed by atoms with Gasteiger partial charge in [-0.1, -0.05) is 25.3 Å². The molecule has 1 N–H and O–H groups in total. The minimum Gasteiger partial charge on any atom is -0.481 e. The Bertz CT molecular complexity index is 286. The van der Waals surface area contributed by atoms with Gasteiger partial charge in [-0.05, 0) is 19.1 Å². The SMILES string of the molecule is C=C(SCC)SC(C)(C#N)CCC(=O)O. The van der Waals surface area contributed by atoms with Crippen LogP contribution in [0.4, 0.5) is 0 Å². The molecule has 0 aliphatic heterocycles. The van der Waals surface area contributed by atoms with E-state index in [9.17, 15) is 4.79 Å². The molecule has 0 aromatic heterocycles. The van der Waals surface area contributed by atoms with E-state index in [0.717, 1.165) is 9.99 Å². The van der Waals surface area contributed by atoms with Gasteiger partial charge in [0.25, 0.3) is 0 Å². The highest BCUT2D eigenvalue weighted by Crippen LogP contribution is 2.39. The van der Waals surface area contributed by atoms with Crippen molar-refractivity contribution in [1.29, 1.82) is 5.26 Å². The average Bonchev–Trinajstić information content (AvgIpc) is 2.15. The number of hydrogen-bond donors (Lipinski definition) is 1. The van der Waals surface area contributed by atoms with Gasteiger partial charge in [-0.15, -0.1) is 11.8 Å². The Kier molecular flexibility index (Phi) is 6.53. The molecule has 1 atom stereocenters. The molecule has 5 heteroatoms. The first-order chi connectivity index (χ1) is 6.93. The molecule has 0 saturated heterocycles. The van der Waals surface area contributed by atoms with Crippen molar-refractivity contribution in [2.75, 3.05) is 5.75 Å². The summed E-state index contributed by atoms with van der Waals surface area (Å²) in [6.45, 7) is 7.60. The zero-order valence-electron chi connectivity index (χ0n) is 8.95. The summed E-state index contributed by atoms with van der Waals surface area (Å²) >= 11 is 2.94. The van der Waals surface area contributed by atoms with Gasteiger partial charge in [0.05, 0.1) is 6.07 Å². The number of thioether (sulfide) groups is 2. The largest absolute Gasteiger partial charge is 0.481 e. The second-order valence-corrected chi connectivity index (χ2v) is 6.36. The Morgan fingerprint density at radius 1 is 1.67 bits per heavy atom. The van der Waals surface area contributed by atoms with E-state index in [1.165, 1.54) is 11.8 Å². The summed E-state index contributed by atoms with van der Waals surface area (Å²) in [7, 11) is 0. The summed E-state index contributed by atoms with van der Waals surface area (Å²) < 4.78 is 0.185. The second kappa shape index (κ2) is 6.81. The lowest BCUT2D eigenvalue weighted by atomic mass is 10.1. The molecule has 0 rings (SSSR count). The van der Waals surface area contributed by atoms with Crippen LogP contribution in [0.2, 0.25) is 0 Å². The Morgan fingerprint density at radius 2 is 2.27 bits per heavy atom. The van der Waals surface area contributed by atoms with Crippen LogP contribution in [0.3, 0.4) is 0 Å². The zero-order chi connectivity index (χ0) is 11.9. The lowest BCUT2D eigenvalue weighted by molar-refractivity contribution is -0.137. The summed E-state index contributed by atoms with van der Waals surface area (Å²) in [5.74, 6) is 0.0394. The Morgan fingerprint density at radius 3 is 2.67 bits per heavy atom. The highest BCUT2D eigenvalue weighted by atomic mass is 32.2. The third kappa shape index (κ3) is 6.47. The zero-order valence-corrected chi connectivity index (χ0v) is 10.6. The van der Waals surface area contributed by atoms with Crippen molar-refractivity contribution in [3.05, 3.63) is 10.8 Å². The van der Waals surface area contributed by atoms with Crippen LogP contribution in [-0.4, -0.2) is 21.6 Å². The minimum absolute atomic E-state index is 0.0150. The van der Waals surface area contributed by atoms with E-state index in [0.29, 0.717) is 6.42 Å². The highest BCUT2D eigenvalue weighted by Gasteiger charge is 2.26. The van der Waals surface area contributed by atoms with Gasteiger partial charge in [-0.25, -0.2) is 0 Å². The second-order valence-electron chi connectivity index (χ2n) is 3.14. The monoisotopic (exact) mass is 245 g/mol. The number of aliphatic carboxylic acids is 1. The molecule has 0 saturated carbocycles. The standard InChI is InChI=1S/C10H15NO2S2/c1-4-14-8(2)15-10(3,7-11)6-5-9(12)13/h2,4-6H2,1,3H3,(H,12,13). The number of hydrogen-bond acceptors (Lipinski definition) is 4. The quantitative estimate of drug-likeness (QED) is 0.746. The van der Waals surface area contributed by atoms with Crippen LogP contribution >= 0.6 is 23.5 Å². The van der Waals surface area contributed by atoms with E-state index in [2.05, 4.69) is 12.6 Å². The number of carboxylic acids is 1. The first-order valence-electron chi connectivity index (χ1n) is 4.57. The molecule has 0 heterocycles. The van der Waals surface area contributed by atoms with E-state index in [1.807, 2.05) is 6.92 Å². The van der Waals surface area contributed by atoms with E-state index >= 15 is 0 Å². The molecular weight excluding hydrogens is 230 g/mol. The highest BCUT2D eigenvalue weighted by molar-refractivity contribution is 8.22. The van der Waals surface area contributed by atoms with Crippen molar-refractivity contribution in [2.24, 2.45) is 0 Å². The Hall–Kier alpha value is -0.600. The normalized spacial score (nSPS) is 13.9. The Balaban J connectivity index is 4.25. The first kappa shape index (κ1) is 14.4. The van der Waals surface area contributed by atoms with Crippen LogP contribution < -0.4 is 0 Å². The van der Waals surface area contributed by atoms with Gasteiger partial charge < -0.3 is 5.11 Å². The Labute approximate surface area is 98.9 Å². The van der Waals surface area contributed by atoms with Crippen LogP contribution in [0.1, 0.15) is 26.7 Å². The molecular formula is C10H15NO2S2. The molecule has 84 valence electrons. The molecule has 0 aromatic rings. The van der Waals surface area contributed by atoms with Gasteiger partial charge in [-0.2, -0.15) is 5.26 Å². The number of carbonyl (C=O) groups is 1. The van der Waals surface area contributed by atoms with E-state index < -0.39 is 10.7 Å². The van der Waals surface area contributed by atoms with Gasteiger partial charge >= 0.3 is 5.97 Å². The molecule has 0 aromatic carbocycles. The van der Waals surface area contributed by atoms with Gasteiger partial charge in [0.1, 0.15) is 4.75 Å². The summed E-state index contributed by atoms with van der Waals surface area (Å²) in [5.41, 5.74) is 0. The summed E-state index contributed by atoms with van der Waals surface area (Å²) in [6, 6.07) is 2.15. The number of nitriles is 1. The predicted molar refractivity (Wildman–Crippen MR) is 65.8 cm³/mol. The number of rotatable bonds is 7. The van der Waals surface area contributed by atoms with Crippen molar-refractivity contribution >= 4 is 29.5 Å². The van der Waals surface area contributed by atoms with E-state index in [1.54, 1.807) is 18.7 Å². The van der Waals surface area contributed by atoms with E-state index in [-0.39, 0.29) is 6.42 Å². The lowest BCUT2D eigenvalue weighted by Gasteiger charge is -2.20. The fourth-order valence-corrected chi connectivity index (χ4v) is 3.13. The van der Waals surface area contributed by atoms with Gasteiger partial charge in [0, 0.05) is 10.7 Å². The van der Waals surface area contributed by atoms with Gasteiger partial charge in [0.15, 0.2) is 0 Å². The number of nitrogens with zero attached hydrogens (tertiary/aromatic N) is 1. The smallest absolute Gasteiger partial charge is 0.303 e. The van der Waals surface area contributed by atoms with Crippen LogP contribution in [0.15, 0.2) is 10.8 Å². The fraction of sp³-hybridized carbons (Fsp3) is 0.600. The van der Waals surface area contributed by atoms with Crippen molar-refractivity contribution in [3.63, 3.8) is 0 Å². The van der Waals surface area contributed by atoms with Crippen LogP contribution in [0, 0.1) is 11.3 Å². The van der Waals surface area contributed by atoms with Crippen molar-refractivity contribution in [3.8, 4) is 6.07 Å². The van der Waals surface area contributed by atoms with Gasteiger partial charge in [0.2, 0.25) is 0 Å². The molecule has 0 aliphatic rings. The van der Waals surface area contributed by atoms with Crippen molar-refractivity contribution < 1.29 is 9.90 Å². The minimum atomic E-state index is -0.870. The molecule has 1 unspecified atom stereocenters. The molecule has 0 fully saturated rings. The van der Waals surface area contributed by atoms with E-state index in [4.69, 9.17) is 10.4 Å². The maximum absolute atomic E-state index is 10.4. The average molecular weight is 245 g/mol. The summed E-state index contributed by atoms with van der Waals surface area (Å²) in [5, 5.41) is 17.6. The van der Waals surface area contributed by atoms with Crippen LogP contribution in [0.25, 0.3) is 0 Å². The maximum atomic E-state index is 10.4. The van der Waals surface area contributed by atoms with Crippen molar-refractivity contribution in [2.45, 2.75) is 31.4 Å². The number of carboxylic acid groups (broad SMARTS) is 1. The van der Waals surface area contributed by atoms with Gasteiger partial charge in [-0.3, -0.25) is 4.79 Å². The molecule has 0 spiro atoms. The topological polar surface area (TPSA) is 61.1 Å². The molecule has 15 heavy (non-hydrogen) atoms. The third-order valence-corrected chi connectivity index (χ3v) is 3.88. The fourth-order valence-electron chi connectivity index (χ4n) is 0.917. The molecule has 3 nitrogen and oxygen atoms in total. The molecule has 0 bridgehead atoms. The predicted octanol–water partition coefficient (Wildman–Crippen LogP) is 3.09. The lowest BCUT2D eigenvalue weighted by Crippen LogP contribution is -2.18. The first-order valence-corrected chi connectivity index (χ1v) is 6.37. The molecule has 0 aliphatic carbocycles. The maximum Gasteiger partial charge on any atom is 0.303 e.